The Morgan fingerprint density at radius 3 is 2.57 bits per heavy atom. The average molecular weight is 431 g/mol. The Morgan fingerprint density at radius 2 is 1.97 bits per heavy atom. The summed E-state index contributed by atoms with van der Waals surface area (Å²) in [5.74, 6) is 2.06. The number of nitrogens with zero attached hydrogens (tertiary/aromatic N) is 2. The van der Waals surface area contributed by atoms with Gasteiger partial charge in [-0.3, -0.25) is 0 Å². The zero-order valence-corrected chi connectivity index (χ0v) is 18.6. The first-order valence-corrected chi connectivity index (χ1v) is 12.1. The number of pyridine rings is 1. The first-order valence-electron chi connectivity index (χ1n) is 10.2. The summed E-state index contributed by atoms with van der Waals surface area (Å²) in [6.07, 6.45) is 5.54. The molecule has 1 aromatic carbocycles. The monoisotopic (exact) mass is 430 g/mol. The standard InChI is InChI=1S/C22H30N4O3S/c1-4-23-22(25-12-18-7-9-20(16(2)11-18)30(3,27)28)26-14-19-8-10-21(24-13-19)29-15-17-5-6-17/h7-11,13,17H,4-6,12,14-15H2,1-3H3,(H2,23,25,26). The number of aromatic nitrogens is 1. The third-order valence-electron chi connectivity index (χ3n) is 4.82. The van der Waals surface area contributed by atoms with E-state index < -0.39 is 9.84 Å². The molecule has 0 amide bonds. The van der Waals surface area contributed by atoms with Gasteiger partial charge >= 0.3 is 0 Å². The smallest absolute Gasteiger partial charge is 0.213 e. The maximum Gasteiger partial charge on any atom is 0.213 e. The first kappa shape index (κ1) is 22.1. The molecule has 0 bridgehead atoms. The molecule has 0 aliphatic heterocycles. The second-order valence-electron chi connectivity index (χ2n) is 7.68. The van der Waals surface area contributed by atoms with Gasteiger partial charge in [0.2, 0.25) is 5.88 Å². The molecule has 2 N–H and O–H groups in total. The number of benzene rings is 1. The highest BCUT2D eigenvalue weighted by atomic mass is 32.2. The van der Waals surface area contributed by atoms with E-state index in [1.807, 2.05) is 38.1 Å². The lowest BCUT2D eigenvalue weighted by Gasteiger charge is -2.13. The fourth-order valence-electron chi connectivity index (χ4n) is 3.01. The van der Waals surface area contributed by atoms with Crippen molar-refractivity contribution in [1.82, 2.24) is 15.6 Å². The number of guanidine groups is 1. The number of sulfone groups is 1. The van der Waals surface area contributed by atoms with Crippen molar-refractivity contribution in [1.29, 1.82) is 0 Å². The highest BCUT2D eigenvalue weighted by Crippen LogP contribution is 2.29. The van der Waals surface area contributed by atoms with E-state index in [0.29, 0.717) is 35.7 Å². The minimum atomic E-state index is -3.21. The molecule has 1 aliphatic rings. The Hall–Kier alpha value is -2.61. The molecule has 2 aromatic rings. The number of aliphatic imine (C=N–C) groups is 1. The van der Waals surface area contributed by atoms with Crippen LogP contribution in [0.15, 0.2) is 46.4 Å². The highest BCUT2D eigenvalue weighted by Gasteiger charge is 2.22. The van der Waals surface area contributed by atoms with Crippen LogP contribution in [0.25, 0.3) is 0 Å². The van der Waals surface area contributed by atoms with Crippen molar-refractivity contribution in [3.63, 3.8) is 0 Å². The topological polar surface area (TPSA) is 92.7 Å². The lowest BCUT2D eigenvalue weighted by molar-refractivity contribution is 0.288. The number of hydrogen-bond acceptors (Lipinski definition) is 5. The van der Waals surface area contributed by atoms with Gasteiger partial charge in [0.15, 0.2) is 15.8 Å². The molecule has 1 fully saturated rings. The van der Waals surface area contributed by atoms with Gasteiger partial charge in [0.1, 0.15) is 0 Å². The largest absolute Gasteiger partial charge is 0.477 e. The molecule has 0 unspecified atom stereocenters. The minimum absolute atomic E-state index is 0.365. The van der Waals surface area contributed by atoms with Gasteiger partial charge in [0, 0.05) is 31.6 Å². The fraction of sp³-hybridized carbons (Fsp3) is 0.455. The quantitative estimate of drug-likeness (QED) is 0.469. The van der Waals surface area contributed by atoms with Gasteiger partial charge in [-0.2, -0.15) is 0 Å². The van der Waals surface area contributed by atoms with Gasteiger partial charge in [0.05, 0.1) is 18.0 Å². The molecule has 1 aromatic heterocycles. The summed E-state index contributed by atoms with van der Waals surface area (Å²) in [5, 5.41) is 6.51. The van der Waals surface area contributed by atoms with E-state index in [0.717, 1.165) is 29.8 Å². The summed E-state index contributed by atoms with van der Waals surface area (Å²) in [4.78, 5) is 9.33. The molecule has 162 valence electrons. The number of aryl methyl sites for hydroxylation is 1. The molecule has 30 heavy (non-hydrogen) atoms. The third-order valence-corrected chi connectivity index (χ3v) is 6.08. The fourth-order valence-corrected chi connectivity index (χ4v) is 3.97. The Kier molecular flexibility index (Phi) is 7.31. The van der Waals surface area contributed by atoms with Crippen LogP contribution in [0.2, 0.25) is 0 Å². The van der Waals surface area contributed by atoms with Crippen molar-refractivity contribution in [2.75, 3.05) is 19.4 Å². The molecular weight excluding hydrogens is 400 g/mol. The summed E-state index contributed by atoms with van der Waals surface area (Å²) < 4.78 is 29.2. The Morgan fingerprint density at radius 1 is 1.20 bits per heavy atom. The number of hydrogen-bond donors (Lipinski definition) is 2. The van der Waals surface area contributed by atoms with Gasteiger partial charge < -0.3 is 15.4 Å². The summed E-state index contributed by atoms with van der Waals surface area (Å²) in [7, 11) is -3.21. The van der Waals surface area contributed by atoms with Crippen molar-refractivity contribution in [3.8, 4) is 5.88 Å². The van der Waals surface area contributed by atoms with Crippen LogP contribution in [0.3, 0.4) is 0 Å². The van der Waals surface area contributed by atoms with E-state index >= 15 is 0 Å². The molecule has 0 radical (unpaired) electrons. The minimum Gasteiger partial charge on any atom is -0.477 e. The normalized spacial score (nSPS) is 14.4. The van der Waals surface area contributed by atoms with Gasteiger partial charge in [0.25, 0.3) is 0 Å². The molecule has 3 rings (SSSR count). The van der Waals surface area contributed by atoms with E-state index in [-0.39, 0.29) is 0 Å². The van der Waals surface area contributed by atoms with Crippen LogP contribution in [0.4, 0.5) is 0 Å². The van der Waals surface area contributed by atoms with Crippen molar-refractivity contribution < 1.29 is 13.2 Å². The van der Waals surface area contributed by atoms with Crippen LogP contribution in [0.1, 0.15) is 36.5 Å². The maximum atomic E-state index is 11.8. The van der Waals surface area contributed by atoms with Crippen molar-refractivity contribution in [2.45, 2.75) is 44.7 Å². The number of ether oxygens (including phenoxy) is 1. The summed E-state index contributed by atoms with van der Waals surface area (Å²) in [6, 6.07) is 9.24. The lowest BCUT2D eigenvalue weighted by atomic mass is 10.1. The second-order valence-corrected chi connectivity index (χ2v) is 9.66. The molecule has 1 heterocycles. The summed E-state index contributed by atoms with van der Waals surface area (Å²) in [5.41, 5.74) is 2.73. The Bertz CT molecular complexity index is 984. The molecule has 8 heteroatoms. The van der Waals surface area contributed by atoms with Gasteiger partial charge in [-0.25, -0.2) is 18.4 Å². The average Bonchev–Trinajstić information content (AvgIpc) is 3.53. The summed E-state index contributed by atoms with van der Waals surface area (Å²) >= 11 is 0. The third kappa shape index (κ3) is 6.73. The molecule has 1 saturated carbocycles. The zero-order valence-electron chi connectivity index (χ0n) is 17.8. The van der Waals surface area contributed by atoms with E-state index in [1.165, 1.54) is 19.1 Å². The van der Waals surface area contributed by atoms with Crippen LogP contribution >= 0.6 is 0 Å². The van der Waals surface area contributed by atoms with E-state index in [2.05, 4.69) is 20.6 Å². The predicted octanol–water partition coefficient (Wildman–Crippen LogP) is 2.84. The van der Waals surface area contributed by atoms with Crippen LogP contribution in [0, 0.1) is 12.8 Å². The first-order chi connectivity index (χ1) is 14.3. The molecular formula is C22H30N4O3S. The number of nitrogens with one attached hydrogen (secondary N) is 2. The molecule has 0 spiro atoms. The van der Waals surface area contributed by atoms with Crippen molar-refractivity contribution in [3.05, 3.63) is 53.2 Å². The summed E-state index contributed by atoms with van der Waals surface area (Å²) in [6.45, 7) is 6.36. The van der Waals surface area contributed by atoms with Crippen LogP contribution in [-0.4, -0.2) is 38.8 Å². The van der Waals surface area contributed by atoms with Gasteiger partial charge in [-0.1, -0.05) is 18.2 Å². The van der Waals surface area contributed by atoms with Crippen LogP contribution < -0.4 is 15.4 Å². The molecule has 0 atom stereocenters. The van der Waals surface area contributed by atoms with Crippen LogP contribution in [0.5, 0.6) is 5.88 Å². The van der Waals surface area contributed by atoms with Crippen molar-refractivity contribution >= 4 is 15.8 Å². The lowest BCUT2D eigenvalue weighted by Crippen LogP contribution is -2.36. The molecule has 7 nitrogen and oxygen atoms in total. The van der Waals surface area contributed by atoms with E-state index in [1.54, 1.807) is 12.3 Å². The predicted molar refractivity (Wildman–Crippen MR) is 118 cm³/mol. The second kappa shape index (κ2) is 9.93. The van der Waals surface area contributed by atoms with Gasteiger partial charge in [-0.15, -0.1) is 0 Å². The van der Waals surface area contributed by atoms with Gasteiger partial charge in [-0.05, 0) is 55.4 Å². The Labute approximate surface area is 178 Å². The maximum absolute atomic E-state index is 11.8. The van der Waals surface area contributed by atoms with E-state index in [4.69, 9.17) is 4.74 Å². The SMILES string of the molecule is CCNC(=NCc1ccc(OCC2CC2)nc1)NCc1ccc(S(C)(=O)=O)c(C)c1. The Balaban J connectivity index is 1.57. The van der Waals surface area contributed by atoms with E-state index in [9.17, 15) is 8.42 Å². The van der Waals surface area contributed by atoms with Crippen LogP contribution in [-0.2, 0) is 22.9 Å². The zero-order chi connectivity index (χ0) is 21.6. The molecule has 1 aliphatic carbocycles. The van der Waals surface area contributed by atoms with Crippen molar-refractivity contribution in [2.24, 2.45) is 10.9 Å². The number of rotatable bonds is 9. The molecule has 0 saturated heterocycles. The highest BCUT2D eigenvalue weighted by molar-refractivity contribution is 7.90.